The van der Waals surface area contributed by atoms with Crippen LogP contribution in [0, 0.1) is 0 Å². The van der Waals surface area contributed by atoms with Crippen molar-refractivity contribution in [1.29, 1.82) is 0 Å². The van der Waals surface area contributed by atoms with Crippen LogP contribution in [0.15, 0.2) is 24.5 Å². The number of aromatic nitrogens is 3. The molecule has 7 nitrogen and oxygen atoms in total. The van der Waals surface area contributed by atoms with Crippen LogP contribution in [-0.2, 0) is 7.05 Å². The van der Waals surface area contributed by atoms with Gasteiger partial charge in [0, 0.05) is 18.8 Å². The predicted octanol–water partition coefficient (Wildman–Crippen LogP) is 0.897. The average molecular weight is 275 g/mol. The summed E-state index contributed by atoms with van der Waals surface area (Å²) in [5.74, 6) is 0.859. The summed E-state index contributed by atoms with van der Waals surface area (Å²) in [4.78, 5) is 12.3. The lowest BCUT2D eigenvalue weighted by Gasteiger charge is -2.14. The number of aryl methyl sites for hydroxylation is 1. The lowest BCUT2D eigenvalue weighted by atomic mass is 10.1. The molecule has 2 rings (SSSR count). The van der Waals surface area contributed by atoms with E-state index in [1.54, 1.807) is 29.1 Å². The van der Waals surface area contributed by atoms with E-state index in [2.05, 4.69) is 15.5 Å². The number of nitrogen functional groups attached to an aromatic ring is 1. The third-order valence-electron chi connectivity index (χ3n) is 2.95. The molecule has 1 aromatic carbocycles. The summed E-state index contributed by atoms with van der Waals surface area (Å²) in [5.41, 5.74) is 6.64. The van der Waals surface area contributed by atoms with E-state index < -0.39 is 0 Å². The van der Waals surface area contributed by atoms with Crippen LogP contribution in [0.3, 0.4) is 0 Å². The standard InChI is InChI=1S/C13H17N5O2/c1-8(12-17-15-7-18(12)2)16-13(19)10-5-4-9(14)6-11(10)20-3/h4-8H,14H2,1-3H3,(H,16,19). The molecule has 0 aliphatic heterocycles. The van der Waals surface area contributed by atoms with Crippen LogP contribution in [0.25, 0.3) is 0 Å². The number of hydrogen-bond acceptors (Lipinski definition) is 5. The molecule has 2 aromatic rings. The van der Waals surface area contributed by atoms with E-state index in [0.29, 0.717) is 22.8 Å². The highest BCUT2D eigenvalue weighted by molar-refractivity contribution is 5.97. The highest BCUT2D eigenvalue weighted by atomic mass is 16.5. The first kappa shape index (κ1) is 13.9. The van der Waals surface area contributed by atoms with E-state index in [0.717, 1.165) is 0 Å². The summed E-state index contributed by atoms with van der Waals surface area (Å²) < 4.78 is 6.92. The van der Waals surface area contributed by atoms with Crippen molar-refractivity contribution in [3.05, 3.63) is 35.9 Å². The van der Waals surface area contributed by atoms with Gasteiger partial charge in [0.2, 0.25) is 0 Å². The van der Waals surface area contributed by atoms with Crippen molar-refractivity contribution in [2.45, 2.75) is 13.0 Å². The topological polar surface area (TPSA) is 95.1 Å². The molecule has 1 unspecified atom stereocenters. The second-order valence-corrected chi connectivity index (χ2v) is 4.45. The SMILES string of the molecule is COc1cc(N)ccc1C(=O)NC(C)c1nncn1C. The smallest absolute Gasteiger partial charge is 0.255 e. The number of nitrogens with zero attached hydrogens (tertiary/aromatic N) is 3. The minimum absolute atomic E-state index is 0.252. The zero-order chi connectivity index (χ0) is 14.7. The van der Waals surface area contributed by atoms with E-state index in [9.17, 15) is 4.79 Å². The van der Waals surface area contributed by atoms with E-state index in [1.165, 1.54) is 7.11 Å². The minimum atomic E-state index is -0.266. The first-order valence-electron chi connectivity index (χ1n) is 6.11. The minimum Gasteiger partial charge on any atom is -0.496 e. The molecule has 1 atom stereocenters. The maximum absolute atomic E-state index is 12.3. The number of nitrogens with two attached hydrogens (primary N) is 1. The summed E-state index contributed by atoms with van der Waals surface area (Å²) in [6.45, 7) is 1.84. The molecule has 7 heteroatoms. The number of amides is 1. The van der Waals surface area contributed by atoms with Crippen LogP contribution < -0.4 is 15.8 Å². The van der Waals surface area contributed by atoms with Crippen LogP contribution in [0.4, 0.5) is 5.69 Å². The molecule has 0 fully saturated rings. The van der Waals surface area contributed by atoms with E-state index in [4.69, 9.17) is 10.5 Å². The Kier molecular flexibility index (Phi) is 3.88. The normalized spacial score (nSPS) is 11.9. The Balaban J connectivity index is 2.18. The monoisotopic (exact) mass is 275 g/mol. The summed E-state index contributed by atoms with van der Waals surface area (Å²) in [6, 6.07) is 4.64. The molecule has 20 heavy (non-hydrogen) atoms. The van der Waals surface area contributed by atoms with Crippen LogP contribution in [0.2, 0.25) is 0 Å². The number of ether oxygens (including phenoxy) is 1. The van der Waals surface area contributed by atoms with Gasteiger partial charge in [0.25, 0.3) is 5.91 Å². The van der Waals surface area contributed by atoms with Crippen molar-refractivity contribution in [2.75, 3.05) is 12.8 Å². The fourth-order valence-corrected chi connectivity index (χ4v) is 1.92. The predicted molar refractivity (Wildman–Crippen MR) is 74.3 cm³/mol. The van der Waals surface area contributed by atoms with Crippen molar-refractivity contribution in [1.82, 2.24) is 20.1 Å². The third kappa shape index (κ3) is 2.71. The van der Waals surface area contributed by atoms with Gasteiger partial charge in [-0.1, -0.05) is 0 Å². The Morgan fingerprint density at radius 3 is 2.85 bits per heavy atom. The maximum atomic E-state index is 12.3. The molecule has 0 bridgehead atoms. The Morgan fingerprint density at radius 2 is 2.25 bits per heavy atom. The second kappa shape index (κ2) is 5.60. The van der Waals surface area contributed by atoms with Gasteiger partial charge in [0.05, 0.1) is 18.7 Å². The summed E-state index contributed by atoms with van der Waals surface area (Å²) in [5, 5.41) is 10.6. The Hall–Kier alpha value is -2.57. The van der Waals surface area contributed by atoms with Gasteiger partial charge in [-0.2, -0.15) is 0 Å². The van der Waals surface area contributed by atoms with Crippen LogP contribution in [0.1, 0.15) is 29.1 Å². The van der Waals surface area contributed by atoms with Crippen LogP contribution in [0.5, 0.6) is 5.75 Å². The van der Waals surface area contributed by atoms with E-state index in [1.807, 2.05) is 14.0 Å². The molecular formula is C13H17N5O2. The van der Waals surface area contributed by atoms with Crippen molar-refractivity contribution in [2.24, 2.45) is 7.05 Å². The highest BCUT2D eigenvalue weighted by Gasteiger charge is 2.18. The molecule has 3 N–H and O–H groups in total. The molecule has 1 amide bonds. The Bertz CT molecular complexity index is 623. The quantitative estimate of drug-likeness (QED) is 0.808. The number of nitrogens with one attached hydrogen (secondary N) is 1. The molecule has 0 aliphatic carbocycles. The molecule has 0 radical (unpaired) electrons. The Morgan fingerprint density at radius 1 is 1.50 bits per heavy atom. The highest BCUT2D eigenvalue weighted by Crippen LogP contribution is 2.22. The number of carbonyl (C=O) groups is 1. The molecular weight excluding hydrogens is 258 g/mol. The molecule has 0 saturated heterocycles. The number of hydrogen-bond donors (Lipinski definition) is 2. The lowest BCUT2D eigenvalue weighted by molar-refractivity contribution is 0.0935. The van der Waals surface area contributed by atoms with Gasteiger partial charge < -0.3 is 20.4 Å². The summed E-state index contributed by atoms with van der Waals surface area (Å²) in [6.07, 6.45) is 1.59. The largest absolute Gasteiger partial charge is 0.496 e. The molecule has 106 valence electrons. The van der Waals surface area contributed by atoms with Gasteiger partial charge in [0.15, 0.2) is 5.82 Å². The summed E-state index contributed by atoms with van der Waals surface area (Å²) in [7, 11) is 3.32. The number of anilines is 1. The van der Waals surface area contributed by atoms with E-state index in [-0.39, 0.29) is 11.9 Å². The van der Waals surface area contributed by atoms with Crippen LogP contribution in [-0.4, -0.2) is 27.8 Å². The zero-order valence-corrected chi connectivity index (χ0v) is 11.6. The fourth-order valence-electron chi connectivity index (χ4n) is 1.92. The van der Waals surface area contributed by atoms with Crippen molar-refractivity contribution in [3.8, 4) is 5.75 Å². The molecule has 0 spiro atoms. The number of rotatable bonds is 4. The second-order valence-electron chi connectivity index (χ2n) is 4.45. The van der Waals surface area contributed by atoms with Crippen molar-refractivity contribution < 1.29 is 9.53 Å². The third-order valence-corrected chi connectivity index (χ3v) is 2.95. The Labute approximate surface area is 116 Å². The fraction of sp³-hybridized carbons (Fsp3) is 0.308. The van der Waals surface area contributed by atoms with Crippen molar-refractivity contribution >= 4 is 11.6 Å². The van der Waals surface area contributed by atoms with Gasteiger partial charge in [-0.05, 0) is 19.1 Å². The van der Waals surface area contributed by atoms with Gasteiger partial charge in [0.1, 0.15) is 12.1 Å². The van der Waals surface area contributed by atoms with Crippen LogP contribution >= 0.6 is 0 Å². The van der Waals surface area contributed by atoms with Gasteiger partial charge >= 0.3 is 0 Å². The van der Waals surface area contributed by atoms with Gasteiger partial charge in [-0.25, -0.2) is 0 Å². The number of methoxy groups -OCH3 is 1. The summed E-state index contributed by atoms with van der Waals surface area (Å²) >= 11 is 0. The first-order valence-corrected chi connectivity index (χ1v) is 6.11. The molecule has 0 saturated carbocycles. The molecule has 0 aliphatic rings. The lowest BCUT2D eigenvalue weighted by Crippen LogP contribution is -2.28. The van der Waals surface area contributed by atoms with Gasteiger partial charge in [-0.3, -0.25) is 4.79 Å². The van der Waals surface area contributed by atoms with Crippen molar-refractivity contribution in [3.63, 3.8) is 0 Å². The molecule has 1 aromatic heterocycles. The first-order chi connectivity index (χ1) is 9.52. The zero-order valence-electron chi connectivity index (χ0n) is 11.6. The maximum Gasteiger partial charge on any atom is 0.255 e. The average Bonchev–Trinajstić information content (AvgIpc) is 2.84. The number of benzene rings is 1. The molecule has 1 heterocycles. The number of carbonyl (C=O) groups excluding carboxylic acids is 1. The van der Waals surface area contributed by atoms with Gasteiger partial charge in [-0.15, -0.1) is 10.2 Å². The van der Waals surface area contributed by atoms with E-state index >= 15 is 0 Å².